The van der Waals surface area contributed by atoms with Gasteiger partial charge in [-0.1, -0.05) is 0 Å². The van der Waals surface area contributed by atoms with E-state index in [9.17, 15) is 0 Å². The molecule has 0 radical (unpaired) electrons. The van der Waals surface area contributed by atoms with Crippen LogP contribution in [0, 0.1) is 0 Å². The minimum Gasteiger partial charge on any atom is -0.372 e. The van der Waals surface area contributed by atoms with Gasteiger partial charge in [-0.05, 0) is 25.8 Å². The molecule has 0 amide bonds. The predicted octanol–water partition coefficient (Wildman–Crippen LogP) is -0.556. The van der Waals surface area contributed by atoms with Crippen LogP contribution in [0.4, 0.5) is 0 Å². The molecule has 1 rings (SSSR count). The number of hydrogen-bond donors (Lipinski definition) is 3. The van der Waals surface area contributed by atoms with Gasteiger partial charge in [0.2, 0.25) is 0 Å². The first-order valence-corrected chi connectivity index (χ1v) is 4.58. The van der Waals surface area contributed by atoms with E-state index < -0.39 is 0 Å². The first kappa shape index (κ1) is 9.48. The van der Waals surface area contributed by atoms with Crippen molar-refractivity contribution in [1.29, 1.82) is 0 Å². The van der Waals surface area contributed by atoms with Gasteiger partial charge >= 0.3 is 0 Å². The summed E-state index contributed by atoms with van der Waals surface area (Å²) in [5.41, 5.74) is 11.3. The molecule has 1 aliphatic heterocycles. The summed E-state index contributed by atoms with van der Waals surface area (Å²) in [4.78, 5) is 4.32. The van der Waals surface area contributed by atoms with Crippen molar-refractivity contribution in [2.75, 3.05) is 19.6 Å². The third kappa shape index (κ3) is 2.79. The predicted molar refractivity (Wildman–Crippen MR) is 51.2 cm³/mol. The highest BCUT2D eigenvalue weighted by molar-refractivity contribution is 5.87. The van der Waals surface area contributed by atoms with Crippen molar-refractivity contribution in [3.05, 3.63) is 0 Å². The van der Waals surface area contributed by atoms with E-state index in [1.165, 1.54) is 0 Å². The van der Waals surface area contributed by atoms with Gasteiger partial charge in [0.15, 0.2) is 0 Å². The van der Waals surface area contributed by atoms with Crippen molar-refractivity contribution in [2.24, 2.45) is 16.5 Å². The molecule has 1 heterocycles. The molecular formula is C8H18N4. The van der Waals surface area contributed by atoms with Crippen LogP contribution in [0.15, 0.2) is 4.99 Å². The van der Waals surface area contributed by atoms with Crippen LogP contribution in [0.5, 0.6) is 0 Å². The van der Waals surface area contributed by atoms with Crippen molar-refractivity contribution in [3.63, 3.8) is 0 Å². The van der Waals surface area contributed by atoms with Gasteiger partial charge in [0.25, 0.3) is 0 Å². The van der Waals surface area contributed by atoms with Crippen molar-refractivity contribution in [3.8, 4) is 0 Å². The lowest BCUT2D eigenvalue weighted by Gasteiger charge is -2.19. The molecule has 70 valence electrons. The topological polar surface area (TPSA) is 76.4 Å². The maximum Gasteiger partial charge on any atom is 0.113 e. The molecule has 1 unspecified atom stereocenters. The minimum absolute atomic E-state index is 0.0637. The normalized spacial score (nSPS) is 19.7. The molecule has 0 aliphatic carbocycles. The average molecular weight is 170 g/mol. The summed E-state index contributed by atoms with van der Waals surface area (Å²) >= 11 is 0. The van der Waals surface area contributed by atoms with Crippen molar-refractivity contribution >= 4 is 5.84 Å². The number of hydrogen-bond acceptors (Lipinski definition) is 4. The Labute approximate surface area is 73.4 Å². The van der Waals surface area contributed by atoms with Gasteiger partial charge in [-0.25, -0.2) is 0 Å². The molecule has 4 heteroatoms. The molecular weight excluding hydrogens is 152 g/mol. The fourth-order valence-electron chi connectivity index (χ4n) is 1.27. The standard InChI is InChI=1S/C8H18N4/c9-4-1-3-7(10)8-11-5-2-6-12-8/h7H,1-6,9-10H2,(H,11,12). The summed E-state index contributed by atoms with van der Waals surface area (Å²) in [5, 5.41) is 3.21. The number of aliphatic imine (C=N–C) groups is 1. The van der Waals surface area contributed by atoms with E-state index in [-0.39, 0.29) is 6.04 Å². The van der Waals surface area contributed by atoms with Crippen LogP contribution in [-0.2, 0) is 0 Å². The van der Waals surface area contributed by atoms with Gasteiger partial charge in [-0.3, -0.25) is 4.99 Å². The molecule has 0 saturated carbocycles. The van der Waals surface area contributed by atoms with E-state index in [1.807, 2.05) is 0 Å². The van der Waals surface area contributed by atoms with E-state index in [4.69, 9.17) is 11.5 Å². The summed E-state index contributed by atoms with van der Waals surface area (Å²) in [6.07, 6.45) is 3.03. The van der Waals surface area contributed by atoms with Crippen molar-refractivity contribution in [2.45, 2.75) is 25.3 Å². The monoisotopic (exact) mass is 170 g/mol. The lowest BCUT2D eigenvalue weighted by atomic mass is 10.1. The van der Waals surface area contributed by atoms with E-state index >= 15 is 0 Å². The Balaban J connectivity index is 2.29. The summed E-state index contributed by atoms with van der Waals surface area (Å²) < 4.78 is 0. The van der Waals surface area contributed by atoms with Gasteiger partial charge in [0.05, 0.1) is 6.04 Å². The lowest BCUT2D eigenvalue weighted by Crippen LogP contribution is -2.43. The third-order valence-electron chi connectivity index (χ3n) is 1.99. The molecule has 0 bridgehead atoms. The molecule has 0 aromatic carbocycles. The lowest BCUT2D eigenvalue weighted by molar-refractivity contribution is 0.646. The number of nitrogens with one attached hydrogen (secondary N) is 1. The van der Waals surface area contributed by atoms with Gasteiger partial charge in [-0.15, -0.1) is 0 Å². The van der Waals surface area contributed by atoms with Gasteiger partial charge in [0, 0.05) is 13.1 Å². The first-order valence-electron chi connectivity index (χ1n) is 4.58. The molecule has 0 spiro atoms. The Morgan fingerprint density at radius 1 is 1.58 bits per heavy atom. The van der Waals surface area contributed by atoms with Crippen molar-refractivity contribution < 1.29 is 0 Å². The second-order valence-electron chi connectivity index (χ2n) is 3.08. The first-order chi connectivity index (χ1) is 5.84. The molecule has 0 saturated heterocycles. The third-order valence-corrected chi connectivity index (χ3v) is 1.99. The largest absolute Gasteiger partial charge is 0.372 e. The zero-order valence-electron chi connectivity index (χ0n) is 7.42. The van der Waals surface area contributed by atoms with Crippen molar-refractivity contribution in [1.82, 2.24) is 5.32 Å². The quantitative estimate of drug-likeness (QED) is 0.529. The molecule has 1 atom stereocenters. The van der Waals surface area contributed by atoms with Crippen LogP contribution in [0.1, 0.15) is 19.3 Å². The molecule has 5 N–H and O–H groups in total. The van der Waals surface area contributed by atoms with Crippen LogP contribution >= 0.6 is 0 Å². The van der Waals surface area contributed by atoms with Crippen LogP contribution < -0.4 is 16.8 Å². The Morgan fingerprint density at radius 3 is 3.00 bits per heavy atom. The van der Waals surface area contributed by atoms with Crippen LogP contribution in [-0.4, -0.2) is 31.5 Å². The van der Waals surface area contributed by atoms with Gasteiger partial charge < -0.3 is 16.8 Å². The Morgan fingerprint density at radius 2 is 2.42 bits per heavy atom. The summed E-state index contributed by atoms with van der Waals surface area (Å²) in [5.74, 6) is 0.967. The van der Waals surface area contributed by atoms with Crippen LogP contribution in [0.2, 0.25) is 0 Å². The maximum atomic E-state index is 5.89. The number of nitrogens with two attached hydrogens (primary N) is 2. The molecule has 0 aromatic rings. The Hall–Kier alpha value is -0.610. The van der Waals surface area contributed by atoms with E-state index in [0.717, 1.165) is 38.2 Å². The zero-order valence-corrected chi connectivity index (χ0v) is 7.42. The highest BCUT2D eigenvalue weighted by Crippen LogP contribution is 1.98. The second kappa shape index (κ2) is 5.11. The highest BCUT2D eigenvalue weighted by Gasteiger charge is 2.11. The Bertz CT molecular complexity index is 155. The molecule has 12 heavy (non-hydrogen) atoms. The smallest absolute Gasteiger partial charge is 0.113 e. The maximum absolute atomic E-state index is 5.89. The van der Waals surface area contributed by atoms with Gasteiger partial charge in [0.1, 0.15) is 5.84 Å². The zero-order chi connectivity index (χ0) is 8.81. The SMILES string of the molecule is NCCCC(N)C1=NCCCN1. The summed E-state index contributed by atoms with van der Waals surface area (Å²) in [7, 11) is 0. The van der Waals surface area contributed by atoms with E-state index in [1.54, 1.807) is 0 Å². The molecule has 0 fully saturated rings. The fraction of sp³-hybridized carbons (Fsp3) is 0.875. The van der Waals surface area contributed by atoms with Crippen LogP contribution in [0.25, 0.3) is 0 Å². The van der Waals surface area contributed by atoms with E-state index in [2.05, 4.69) is 10.3 Å². The average Bonchev–Trinajstić information content (AvgIpc) is 2.15. The molecule has 1 aliphatic rings. The minimum atomic E-state index is 0.0637. The van der Waals surface area contributed by atoms with E-state index in [0.29, 0.717) is 6.54 Å². The molecule has 0 aromatic heterocycles. The van der Waals surface area contributed by atoms with Gasteiger partial charge in [-0.2, -0.15) is 0 Å². The summed E-state index contributed by atoms with van der Waals surface area (Å²) in [6.45, 7) is 2.63. The number of nitrogens with zero attached hydrogens (tertiary/aromatic N) is 1. The summed E-state index contributed by atoms with van der Waals surface area (Å²) in [6, 6.07) is 0.0637. The number of amidine groups is 1. The number of rotatable bonds is 4. The highest BCUT2D eigenvalue weighted by atomic mass is 15.0. The molecule has 4 nitrogen and oxygen atoms in total. The second-order valence-corrected chi connectivity index (χ2v) is 3.08. The Kier molecular flexibility index (Phi) is 4.04. The van der Waals surface area contributed by atoms with Crippen LogP contribution in [0.3, 0.4) is 0 Å². The fourth-order valence-corrected chi connectivity index (χ4v) is 1.27.